The first-order valence-electron chi connectivity index (χ1n) is 9.44. The maximum atomic E-state index is 14.0. The number of likely N-dealkylation sites (N-methyl/N-ethyl adjacent to an activating group) is 1. The molecule has 0 radical (unpaired) electrons. The number of nitrogens with zero attached hydrogens (tertiary/aromatic N) is 2. The summed E-state index contributed by atoms with van der Waals surface area (Å²) in [5, 5.41) is 0. The predicted octanol–water partition coefficient (Wildman–Crippen LogP) is 3.50. The molecular formula is C22H27FN2O2. The summed E-state index contributed by atoms with van der Waals surface area (Å²) < 4.78 is 19.4. The average molecular weight is 370 g/mol. The van der Waals surface area contributed by atoms with E-state index >= 15 is 0 Å². The van der Waals surface area contributed by atoms with E-state index in [-0.39, 0.29) is 17.8 Å². The number of carbonyl (C=O) groups is 1. The summed E-state index contributed by atoms with van der Waals surface area (Å²) in [6.07, 6.45) is 2.53. The Kier molecular flexibility index (Phi) is 6.45. The molecule has 5 heteroatoms. The molecule has 144 valence electrons. The second-order valence-electron chi connectivity index (χ2n) is 7.04. The fraction of sp³-hybridized carbons (Fsp3) is 0.409. The second kappa shape index (κ2) is 9.00. The molecule has 1 aliphatic rings. The molecule has 1 unspecified atom stereocenters. The molecule has 1 heterocycles. The molecule has 0 aliphatic carbocycles. The van der Waals surface area contributed by atoms with Gasteiger partial charge in [-0.3, -0.25) is 9.69 Å². The van der Waals surface area contributed by atoms with Crippen molar-refractivity contribution in [3.63, 3.8) is 0 Å². The number of para-hydroxylation sites is 1. The normalized spacial score (nSPS) is 17.1. The maximum Gasteiger partial charge on any atom is 0.239 e. The van der Waals surface area contributed by atoms with Crippen LogP contribution in [-0.4, -0.2) is 49.0 Å². The van der Waals surface area contributed by atoms with E-state index in [0.29, 0.717) is 18.7 Å². The molecule has 0 N–H and O–H groups in total. The van der Waals surface area contributed by atoms with Gasteiger partial charge in [-0.25, -0.2) is 4.39 Å². The van der Waals surface area contributed by atoms with Crippen molar-refractivity contribution in [3.8, 4) is 5.75 Å². The Morgan fingerprint density at radius 3 is 2.63 bits per heavy atom. The van der Waals surface area contributed by atoms with E-state index in [4.69, 9.17) is 4.74 Å². The largest absolute Gasteiger partial charge is 0.496 e. The third kappa shape index (κ3) is 4.66. The quantitative estimate of drug-likeness (QED) is 0.748. The first-order valence-corrected chi connectivity index (χ1v) is 9.44. The maximum absolute atomic E-state index is 14.0. The van der Waals surface area contributed by atoms with E-state index in [2.05, 4.69) is 4.90 Å². The van der Waals surface area contributed by atoms with Crippen molar-refractivity contribution in [1.82, 2.24) is 9.80 Å². The minimum Gasteiger partial charge on any atom is -0.496 e. The lowest BCUT2D eigenvalue weighted by Crippen LogP contribution is -2.44. The Hall–Kier alpha value is -2.40. The summed E-state index contributed by atoms with van der Waals surface area (Å²) in [6.45, 7) is 1.93. The van der Waals surface area contributed by atoms with Gasteiger partial charge < -0.3 is 9.64 Å². The number of hydrogen-bond acceptors (Lipinski definition) is 3. The number of halogens is 1. The number of ether oxygens (including phenoxy) is 1. The van der Waals surface area contributed by atoms with Crippen LogP contribution in [0, 0.1) is 5.82 Å². The highest BCUT2D eigenvalue weighted by molar-refractivity contribution is 5.82. The standard InChI is InChI=1S/C22H27FN2O2/c1-24(15-13-17-8-4-6-12-21(17)27-2)22(26)20-11-7-14-25(20)16-18-9-3-5-10-19(18)23/h3-6,8-10,12,20H,7,11,13-16H2,1-2H3. The number of rotatable bonds is 7. The van der Waals surface area contributed by atoms with Crippen LogP contribution in [0.2, 0.25) is 0 Å². The number of benzene rings is 2. The number of methoxy groups -OCH3 is 1. The van der Waals surface area contributed by atoms with Crippen LogP contribution in [0.1, 0.15) is 24.0 Å². The Labute approximate surface area is 160 Å². The zero-order valence-corrected chi connectivity index (χ0v) is 16.0. The lowest BCUT2D eigenvalue weighted by atomic mass is 10.1. The minimum atomic E-state index is -0.208. The van der Waals surface area contributed by atoms with Gasteiger partial charge in [-0.05, 0) is 43.5 Å². The van der Waals surface area contributed by atoms with Gasteiger partial charge in [0.25, 0.3) is 0 Å². The molecule has 1 atom stereocenters. The first-order chi connectivity index (χ1) is 13.1. The molecule has 0 bridgehead atoms. The summed E-state index contributed by atoms with van der Waals surface area (Å²) in [7, 11) is 3.50. The van der Waals surface area contributed by atoms with Crippen molar-refractivity contribution in [2.75, 3.05) is 27.2 Å². The van der Waals surface area contributed by atoms with Crippen LogP contribution in [0.5, 0.6) is 5.75 Å². The van der Waals surface area contributed by atoms with Crippen LogP contribution in [0.3, 0.4) is 0 Å². The number of amides is 1. The van der Waals surface area contributed by atoms with Gasteiger partial charge in [0, 0.05) is 25.7 Å². The van der Waals surface area contributed by atoms with Crippen molar-refractivity contribution < 1.29 is 13.9 Å². The van der Waals surface area contributed by atoms with E-state index in [1.54, 1.807) is 24.1 Å². The molecule has 4 nitrogen and oxygen atoms in total. The lowest BCUT2D eigenvalue weighted by molar-refractivity contribution is -0.134. The molecule has 0 spiro atoms. The summed E-state index contributed by atoms with van der Waals surface area (Å²) in [5.74, 6) is 0.749. The minimum absolute atomic E-state index is 0.110. The van der Waals surface area contributed by atoms with E-state index in [1.165, 1.54) is 6.07 Å². The van der Waals surface area contributed by atoms with Gasteiger partial charge in [0.15, 0.2) is 0 Å². The van der Waals surface area contributed by atoms with Crippen molar-refractivity contribution in [2.24, 2.45) is 0 Å². The third-order valence-electron chi connectivity index (χ3n) is 5.27. The van der Waals surface area contributed by atoms with Gasteiger partial charge in [0.05, 0.1) is 13.2 Å². The highest BCUT2D eigenvalue weighted by atomic mass is 19.1. The smallest absolute Gasteiger partial charge is 0.239 e. The Morgan fingerprint density at radius 1 is 1.19 bits per heavy atom. The fourth-order valence-electron chi connectivity index (χ4n) is 3.70. The lowest BCUT2D eigenvalue weighted by Gasteiger charge is -2.28. The van der Waals surface area contributed by atoms with E-state index < -0.39 is 0 Å². The van der Waals surface area contributed by atoms with Crippen LogP contribution in [0.15, 0.2) is 48.5 Å². The molecule has 1 saturated heterocycles. The van der Waals surface area contributed by atoms with Gasteiger partial charge in [0.1, 0.15) is 11.6 Å². The van der Waals surface area contributed by atoms with Gasteiger partial charge >= 0.3 is 0 Å². The second-order valence-corrected chi connectivity index (χ2v) is 7.04. The Balaban J connectivity index is 1.61. The van der Waals surface area contributed by atoms with Crippen molar-refractivity contribution in [3.05, 3.63) is 65.5 Å². The van der Waals surface area contributed by atoms with Crippen LogP contribution in [0.4, 0.5) is 4.39 Å². The predicted molar refractivity (Wildman–Crippen MR) is 104 cm³/mol. The van der Waals surface area contributed by atoms with Crippen LogP contribution in [-0.2, 0) is 17.8 Å². The van der Waals surface area contributed by atoms with E-state index in [9.17, 15) is 9.18 Å². The Bertz CT molecular complexity index is 780. The molecule has 1 aliphatic heterocycles. The summed E-state index contributed by atoms with van der Waals surface area (Å²) in [5.41, 5.74) is 1.74. The topological polar surface area (TPSA) is 32.8 Å². The summed E-state index contributed by atoms with van der Waals surface area (Å²) in [4.78, 5) is 16.9. The summed E-state index contributed by atoms with van der Waals surface area (Å²) >= 11 is 0. The molecule has 2 aromatic carbocycles. The van der Waals surface area contributed by atoms with Crippen LogP contribution in [0.25, 0.3) is 0 Å². The number of carbonyl (C=O) groups excluding carboxylic acids is 1. The molecule has 1 fully saturated rings. The molecule has 3 rings (SSSR count). The first kappa shape index (κ1) is 19.4. The molecule has 2 aromatic rings. The molecular weight excluding hydrogens is 343 g/mol. The zero-order valence-electron chi connectivity index (χ0n) is 16.0. The molecule has 0 saturated carbocycles. The highest BCUT2D eigenvalue weighted by Gasteiger charge is 2.32. The van der Waals surface area contributed by atoms with Gasteiger partial charge in [0.2, 0.25) is 5.91 Å². The van der Waals surface area contributed by atoms with Gasteiger partial charge in [-0.15, -0.1) is 0 Å². The fourth-order valence-corrected chi connectivity index (χ4v) is 3.70. The van der Waals surface area contributed by atoms with Crippen molar-refractivity contribution in [2.45, 2.75) is 31.8 Å². The highest BCUT2D eigenvalue weighted by Crippen LogP contribution is 2.23. The summed E-state index contributed by atoms with van der Waals surface area (Å²) in [6, 6.07) is 14.5. The Morgan fingerprint density at radius 2 is 1.89 bits per heavy atom. The number of likely N-dealkylation sites (tertiary alicyclic amines) is 1. The molecule has 1 amide bonds. The average Bonchev–Trinajstić information content (AvgIpc) is 3.15. The monoisotopic (exact) mass is 370 g/mol. The van der Waals surface area contributed by atoms with E-state index in [1.807, 2.05) is 37.4 Å². The molecule has 0 aromatic heterocycles. The van der Waals surface area contributed by atoms with Crippen molar-refractivity contribution in [1.29, 1.82) is 0 Å². The van der Waals surface area contributed by atoms with E-state index in [0.717, 1.165) is 37.1 Å². The zero-order chi connectivity index (χ0) is 19.2. The van der Waals surface area contributed by atoms with Gasteiger partial charge in [-0.1, -0.05) is 36.4 Å². The van der Waals surface area contributed by atoms with Gasteiger partial charge in [-0.2, -0.15) is 0 Å². The molecule has 27 heavy (non-hydrogen) atoms. The SMILES string of the molecule is COc1ccccc1CCN(C)C(=O)C1CCCN1Cc1ccccc1F. The number of hydrogen-bond donors (Lipinski definition) is 0. The third-order valence-corrected chi connectivity index (χ3v) is 5.27. The van der Waals surface area contributed by atoms with Crippen LogP contribution >= 0.6 is 0 Å². The van der Waals surface area contributed by atoms with Crippen molar-refractivity contribution >= 4 is 5.91 Å². The van der Waals surface area contributed by atoms with Crippen LogP contribution < -0.4 is 4.74 Å².